The van der Waals surface area contributed by atoms with Gasteiger partial charge in [0.2, 0.25) is 0 Å². The van der Waals surface area contributed by atoms with Crippen molar-refractivity contribution in [2.45, 2.75) is 6.92 Å². The Morgan fingerprint density at radius 2 is 2.16 bits per heavy atom. The third kappa shape index (κ3) is 3.30. The van der Waals surface area contributed by atoms with Crippen LogP contribution in [0.2, 0.25) is 5.15 Å². The average Bonchev–Trinajstić information content (AvgIpc) is 2.36. The minimum Gasteiger partial charge on any atom is -0.322 e. The monoisotopic (exact) mass is 342 g/mol. The molecular weight excluding hydrogens is 335 g/mol. The van der Waals surface area contributed by atoms with Crippen LogP contribution in [0.3, 0.4) is 0 Å². The Morgan fingerprint density at radius 1 is 1.42 bits per heavy atom. The highest BCUT2D eigenvalue weighted by molar-refractivity contribution is 9.10. The quantitative estimate of drug-likeness (QED) is 0.831. The number of hydrogen-bond donors (Lipinski definition) is 1. The highest BCUT2D eigenvalue weighted by atomic mass is 79.9. The molecule has 1 aromatic carbocycles. The molecule has 0 aliphatic rings. The fourth-order valence-electron chi connectivity index (χ4n) is 1.50. The number of benzene rings is 1. The van der Waals surface area contributed by atoms with Crippen molar-refractivity contribution in [2.75, 3.05) is 5.32 Å². The molecule has 0 atom stereocenters. The molecule has 0 spiro atoms. The highest BCUT2D eigenvalue weighted by Gasteiger charge is 2.12. The smallest absolute Gasteiger partial charge is 0.258 e. The van der Waals surface area contributed by atoms with Gasteiger partial charge in [0.25, 0.3) is 5.91 Å². The second kappa shape index (κ2) is 5.67. The summed E-state index contributed by atoms with van der Waals surface area (Å²) in [4.78, 5) is 15.9. The van der Waals surface area contributed by atoms with Gasteiger partial charge in [-0.1, -0.05) is 11.6 Å². The summed E-state index contributed by atoms with van der Waals surface area (Å²) in [6, 6.07) is 5.90. The molecule has 6 heteroatoms. The maximum atomic E-state index is 13.1. The van der Waals surface area contributed by atoms with E-state index in [9.17, 15) is 9.18 Å². The fourth-order valence-corrected chi connectivity index (χ4v) is 2.02. The second-order valence-corrected chi connectivity index (χ2v) is 5.18. The predicted octanol–water partition coefficient (Wildman–Crippen LogP) is 4.20. The third-order valence-corrected chi connectivity index (χ3v) is 3.20. The van der Waals surface area contributed by atoms with Gasteiger partial charge in [-0.05, 0) is 52.7 Å². The van der Waals surface area contributed by atoms with Gasteiger partial charge in [-0.3, -0.25) is 4.79 Å². The lowest BCUT2D eigenvalue weighted by atomic mass is 10.2. The molecule has 0 saturated carbocycles. The fraction of sp³-hybridized carbons (Fsp3) is 0.0769. The molecule has 0 radical (unpaired) electrons. The van der Waals surface area contributed by atoms with E-state index in [1.807, 2.05) is 0 Å². The summed E-state index contributed by atoms with van der Waals surface area (Å²) in [5.74, 6) is -0.718. The molecule has 2 aromatic rings. The molecule has 1 heterocycles. The Labute approximate surface area is 122 Å². The Bertz CT molecular complexity index is 649. The SMILES string of the molecule is Cc1cc(NC(=O)c2cc(Br)cnc2Cl)ccc1F. The van der Waals surface area contributed by atoms with Crippen molar-refractivity contribution in [2.24, 2.45) is 0 Å². The standard InChI is InChI=1S/C13H9BrClFN2O/c1-7-4-9(2-3-11(7)16)18-13(19)10-5-8(14)6-17-12(10)15/h2-6H,1H3,(H,18,19). The van der Waals surface area contributed by atoms with Crippen LogP contribution in [0.25, 0.3) is 0 Å². The van der Waals surface area contributed by atoms with Crippen LogP contribution in [0, 0.1) is 12.7 Å². The molecule has 1 amide bonds. The Hall–Kier alpha value is -1.46. The molecule has 0 saturated heterocycles. The number of carbonyl (C=O) groups excluding carboxylic acids is 1. The van der Waals surface area contributed by atoms with E-state index in [0.29, 0.717) is 15.7 Å². The Morgan fingerprint density at radius 3 is 2.84 bits per heavy atom. The van der Waals surface area contributed by atoms with Gasteiger partial charge in [0, 0.05) is 16.4 Å². The largest absolute Gasteiger partial charge is 0.322 e. The molecule has 3 nitrogen and oxygen atoms in total. The minimum absolute atomic E-state index is 0.111. The summed E-state index contributed by atoms with van der Waals surface area (Å²) in [5.41, 5.74) is 1.20. The van der Waals surface area contributed by atoms with E-state index in [-0.39, 0.29) is 16.5 Å². The van der Waals surface area contributed by atoms with E-state index in [4.69, 9.17) is 11.6 Å². The van der Waals surface area contributed by atoms with Gasteiger partial charge in [0.05, 0.1) is 5.56 Å². The molecule has 0 bridgehead atoms. The number of halogens is 3. The molecular formula is C13H9BrClFN2O. The zero-order valence-electron chi connectivity index (χ0n) is 9.88. The molecule has 1 N–H and O–H groups in total. The highest BCUT2D eigenvalue weighted by Crippen LogP contribution is 2.20. The van der Waals surface area contributed by atoms with Crippen LogP contribution >= 0.6 is 27.5 Å². The van der Waals surface area contributed by atoms with Gasteiger partial charge in [0.1, 0.15) is 11.0 Å². The first-order chi connectivity index (χ1) is 8.97. The van der Waals surface area contributed by atoms with Crippen molar-refractivity contribution in [3.63, 3.8) is 0 Å². The number of hydrogen-bond acceptors (Lipinski definition) is 2. The number of aromatic nitrogens is 1. The molecule has 2 rings (SSSR count). The van der Waals surface area contributed by atoms with Crippen LogP contribution in [-0.2, 0) is 0 Å². The van der Waals surface area contributed by atoms with Crippen LogP contribution < -0.4 is 5.32 Å². The molecule has 1 aromatic heterocycles. The lowest BCUT2D eigenvalue weighted by molar-refractivity contribution is 0.102. The Balaban J connectivity index is 2.25. The summed E-state index contributed by atoms with van der Waals surface area (Å²) < 4.78 is 13.8. The molecule has 0 unspecified atom stereocenters. The van der Waals surface area contributed by atoms with Crippen LogP contribution in [-0.4, -0.2) is 10.9 Å². The molecule has 19 heavy (non-hydrogen) atoms. The van der Waals surface area contributed by atoms with Crippen LogP contribution in [0.1, 0.15) is 15.9 Å². The second-order valence-electron chi connectivity index (χ2n) is 3.91. The van der Waals surface area contributed by atoms with Gasteiger partial charge < -0.3 is 5.32 Å². The molecule has 98 valence electrons. The minimum atomic E-state index is -0.398. The van der Waals surface area contributed by atoms with Crippen LogP contribution in [0.4, 0.5) is 10.1 Å². The van der Waals surface area contributed by atoms with E-state index in [0.717, 1.165) is 0 Å². The lowest BCUT2D eigenvalue weighted by Crippen LogP contribution is -2.13. The number of amides is 1. The Kier molecular flexibility index (Phi) is 4.17. The van der Waals surface area contributed by atoms with Crippen molar-refractivity contribution in [3.8, 4) is 0 Å². The first kappa shape index (κ1) is 14.0. The first-order valence-corrected chi connectivity index (χ1v) is 6.53. The van der Waals surface area contributed by atoms with Gasteiger partial charge in [-0.25, -0.2) is 9.37 Å². The number of pyridine rings is 1. The van der Waals surface area contributed by atoms with Crippen molar-refractivity contribution in [1.82, 2.24) is 4.98 Å². The molecule has 0 fully saturated rings. The van der Waals surface area contributed by atoms with Gasteiger partial charge in [-0.2, -0.15) is 0 Å². The van der Waals surface area contributed by atoms with Crippen LogP contribution in [0.5, 0.6) is 0 Å². The van der Waals surface area contributed by atoms with E-state index >= 15 is 0 Å². The number of carbonyl (C=O) groups is 1. The van der Waals surface area contributed by atoms with E-state index < -0.39 is 5.91 Å². The summed E-state index contributed by atoms with van der Waals surface area (Å²) in [5, 5.41) is 2.75. The van der Waals surface area contributed by atoms with Crippen molar-refractivity contribution in [3.05, 3.63) is 57.0 Å². The van der Waals surface area contributed by atoms with Crippen molar-refractivity contribution in [1.29, 1.82) is 0 Å². The number of rotatable bonds is 2. The third-order valence-electron chi connectivity index (χ3n) is 2.47. The van der Waals surface area contributed by atoms with Gasteiger partial charge >= 0.3 is 0 Å². The zero-order valence-corrected chi connectivity index (χ0v) is 12.2. The van der Waals surface area contributed by atoms with E-state index in [1.54, 1.807) is 19.1 Å². The summed E-state index contributed by atoms with van der Waals surface area (Å²) in [6.45, 7) is 1.62. The predicted molar refractivity (Wildman–Crippen MR) is 76.0 cm³/mol. The van der Waals surface area contributed by atoms with Crippen LogP contribution in [0.15, 0.2) is 34.9 Å². The number of nitrogens with one attached hydrogen (secondary N) is 1. The maximum Gasteiger partial charge on any atom is 0.258 e. The van der Waals surface area contributed by atoms with E-state index in [2.05, 4.69) is 26.2 Å². The molecule has 0 aliphatic heterocycles. The van der Waals surface area contributed by atoms with Crippen molar-refractivity contribution >= 4 is 39.1 Å². The molecule has 0 aliphatic carbocycles. The number of nitrogens with zero attached hydrogens (tertiary/aromatic N) is 1. The van der Waals surface area contributed by atoms with Gasteiger partial charge in [0.15, 0.2) is 0 Å². The summed E-state index contributed by atoms with van der Waals surface area (Å²) in [6.07, 6.45) is 1.50. The zero-order chi connectivity index (χ0) is 14.0. The normalized spacial score (nSPS) is 10.3. The first-order valence-electron chi connectivity index (χ1n) is 5.36. The van der Waals surface area contributed by atoms with Gasteiger partial charge in [-0.15, -0.1) is 0 Å². The number of aryl methyl sites for hydroxylation is 1. The van der Waals surface area contributed by atoms with E-state index in [1.165, 1.54) is 18.3 Å². The summed E-state index contributed by atoms with van der Waals surface area (Å²) in [7, 11) is 0. The topological polar surface area (TPSA) is 42.0 Å². The van der Waals surface area contributed by atoms with Crippen molar-refractivity contribution < 1.29 is 9.18 Å². The maximum absolute atomic E-state index is 13.1. The summed E-state index contributed by atoms with van der Waals surface area (Å²) >= 11 is 9.08. The lowest BCUT2D eigenvalue weighted by Gasteiger charge is -2.07. The average molecular weight is 344 g/mol. The number of anilines is 1.